The predicted molar refractivity (Wildman–Crippen MR) is 112 cm³/mol. The van der Waals surface area contributed by atoms with E-state index >= 15 is 0 Å². The smallest absolute Gasteiger partial charge is 0.253 e. The van der Waals surface area contributed by atoms with Gasteiger partial charge in [-0.15, -0.1) is 0 Å². The van der Waals surface area contributed by atoms with Crippen molar-refractivity contribution in [1.29, 1.82) is 0 Å². The second-order valence-corrected chi connectivity index (χ2v) is 7.06. The fraction of sp³-hybridized carbons (Fsp3) is 0.391. The topological polar surface area (TPSA) is 49.9 Å². The zero-order valence-corrected chi connectivity index (χ0v) is 17.3. The molecule has 150 valence electrons. The SMILES string of the molecule is CCCN(C)C(=O)Cc1cccc(N(Cc2ccc(C)cc2)C(=O)COC)c1. The number of benzene rings is 2. The van der Waals surface area contributed by atoms with Crippen molar-refractivity contribution in [3.63, 3.8) is 0 Å². The number of amides is 2. The summed E-state index contributed by atoms with van der Waals surface area (Å²) in [6.07, 6.45) is 1.25. The molecule has 0 radical (unpaired) electrons. The van der Waals surface area contributed by atoms with Gasteiger partial charge in [0.15, 0.2) is 0 Å². The fourth-order valence-electron chi connectivity index (χ4n) is 3.00. The van der Waals surface area contributed by atoms with Crippen LogP contribution >= 0.6 is 0 Å². The highest BCUT2D eigenvalue weighted by molar-refractivity contribution is 5.94. The fourth-order valence-corrected chi connectivity index (χ4v) is 3.00. The van der Waals surface area contributed by atoms with E-state index in [-0.39, 0.29) is 18.4 Å². The van der Waals surface area contributed by atoms with Gasteiger partial charge in [0.2, 0.25) is 5.91 Å². The minimum atomic E-state index is -0.116. The maximum atomic E-state index is 12.7. The number of rotatable bonds is 9. The molecule has 0 saturated heterocycles. The van der Waals surface area contributed by atoms with E-state index in [0.29, 0.717) is 13.0 Å². The summed E-state index contributed by atoms with van der Waals surface area (Å²) in [5, 5.41) is 0. The Morgan fingerprint density at radius 2 is 1.71 bits per heavy atom. The molecule has 0 bridgehead atoms. The zero-order valence-electron chi connectivity index (χ0n) is 17.3. The number of hydrogen-bond acceptors (Lipinski definition) is 3. The second kappa shape index (κ2) is 10.6. The molecular formula is C23H30N2O3. The highest BCUT2D eigenvalue weighted by atomic mass is 16.5. The van der Waals surface area contributed by atoms with Crippen molar-refractivity contribution in [3.05, 3.63) is 65.2 Å². The molecular weight excluding hydrogens is 352 g/mol. The Labute approximate surface area is 167 Å². The first-order chi connectivity index (χ1) is 13.4. The molecule has 0 atom stereocenters. The number of hydrogen-bond donors (Lipinski definition) is 0. The summed E-state index contributed by atoms with van der Waals surface area (Å²) >= 11 is 0. The molecule has 5 nitrogen and oxygen atoms in total. The Kier molecular flexibility index (Phi) is 8.20. The summed E-state index contributed by atoms with van der Waals surface area (Å²) in [5.74, 6) is -0.0399. The monoisotopic (exact) mass is 382 g/mol. The summed E-state index contributed by atoms with van der Waals surface area (Å²) in [5.41, 5.74) is 3.88. The lowest BCUT2D eigenvalue weighted by atomic mass is 10.1. The first-order valence-electron chi connectivity index (χ1n) is 9.62. The number of anilines is 1. The van der Waals surface area contributed by atoms with Crippen LogP contribution in [0, 0.1) is 6.92 Å². The van der Waals surface area contributed by atoms with Crippen molar-refractivity contribution in [2.75, 3.05) is 32.2 Å². The van der Waals surface area contributed by atoms with E-state index in [4.69, 9.17) is 4.74 Å². The number of likely N-dealkylation sites (N-methyl/N-ethyl adjacent to an activating group) is 1. The summed E-state index contributed by atoms with van der Waals surface area (Å²) < 4.78 is 5.06. The number of aryl methyl sites for hydroxylation is 1. The lowest BCUT2D eigenvalue weighted by Crippen LogP contribution is -2.33. The Bertz CT molecular complexity index is 787. The first kappa shape index (κ1) is 21.6. The first-order valence-corrected chi connectivity index (χ1v) is 9.62. The molecule has 0 aliphatic heterocycles. The van der Waals surface area contributed by atoms with Gasteiger partial charge in [0.05, 0.1) is 13.0 Å². The van der Waals surface area contributed by atoms with Crippen LogP contribution in [-0.2, 0) is 27.3 Å². The Hall–Kier alpha value is -2.66. The highest BCUT2D eigenvalue weighted by Crippen LogP contribution is 2.20. The molecule has 2 aromatic carbocycles. The van der Waals surface area contributed by atoms with E-state index < -0.39 is 0 Å². The van der Waals surface area contributed by atoms with Crippen molar-refractivity contribution in [2.45, 2.75) is 33.2 Å². The maximum absolute atomic E-state index is 12.7. The number of carbonyl (C=O) groups excluding carboxylic acids is 2. The summed E-state index contributed by atoms with van der Waals surface area (Å²) in [4.78, 5) is 28.5. The molecule has 2 aromatic rings. The maximum Gasteiger partial charge on any atom is 0.253 e. The summed E-state index contributed by atoms with van der Waals surface area (Å²) in [6, 6.07) is 15.7. The third-order valence-corrected chi connectivity index (χ3v) is 4.59. The van der Waals surface area contributed by atoms with E-state index in [1.165, 1.54) is 12.7 Å². The van der Waals surface area contributed by atoms with Gasteiger partial charge in [0.25, 0.3) is 5.91 Å². The van der Waals surface area contributed by atoms with Crippen LogP contribution in [0.2, 0.25) is 0 Å². The molecule has 0 unspecified atom stereocenters. The van der Waals surface area contributed by atoms with Gasteiger partial charge >= 0.3 is 0 Å². The summed E-state index contributed by atoms with van der Waals surface area (Å²) in [7, 11) is 3.34. The van der Waals surface area contributed by atoms with Crippen LogP contribution in [0.3, 0.4) is 0 Å². The summed E-state index contributed by atoms with van der Waals surface area (Å²) in [6.45, 7) is 5.29. The van der Waals surface area contributed by atoms with Crippen LogP contribution < -0.4 is 4.90 Å². The minimum absolute atomic E-state index is 0.00819. The number of nitrogens with zero attached hydrogens (tertiary/aromatic N) is 2. The van der Waals surface area contributed by atoms with Crippen molar-refractivity contribution >= 4 is 17.5 Å². The van der Waals surface area contributed by atoms with Crippen molar-refractivity contribution < 1.29 is 14.3 Å². The van der Waals surface area contributed by atoms with Gasteiger partial charge in [0, 0.05) is 26.4 Å². The standard InChI is InChI=1S/C23H30N2O3/c1-5-13-24(3)22(26)15-20-7-6-8-21(14-20)25(23(27)17-28-4)16-19-11-9-18(2)10-12-19/h6-12,14H,5,13,15-17H2,1-4H3. The molecule has 5 heteroatoms. The van der Waals surface area contributed by atoms with Gasteiger partial charge < -0.3 is 14.5 Å². The van der Waals surface area contributed by atoms with Crippen molar-refractivity contribution in [2.24, 2.45) is 0 Å². The number of carbonyl (C=O) groups is 2. The lowest BCUT2D eigenvalue weighted by Gasteiger charge is -2.24. The van der Waals surface area contributed by atoms with Gasteiger partial charge in [-0.3, -0.25) is 9.59 Å². The largest absolute Gasteiger partial charge is 0.375 e. The van der Waals surface area contributed by atoms with Gasteiger partial charge in [-0.05, 0) is 36.6 Å². The molecule has 0 aliphatic carbocycles. The number of ether oxygens (including phenoxy) is 1. The Balaban J connectivity index is 2.23. The van der Waals surface area contributed by atoms with Gasteiger partial charge in [-0.1, -0.05) is 48.9 Å². The van der Waals surface area contributed by atoms with Crippen LogP contribution in [0.4, 0.5) is 5.69 Å². The quantitative estimate of drug-likeness (QED) is 0.666. The van der Waals surface area contributed by atoms with E-state index in [9.17, 15) is 9.59 Å². The van der Waals surface area contributed by atoms with Crippen molar-refractivity contribution in [1.82, 2.24) is 4.90 Å². The third kappa shape index (κ3) is 6.20. The number of methoxy groups -OCH3 is 1. The average molecular weight is 383 g/mol. The van der Waals surface area contributed by atoms with Crippen LogP contribution in [-0.4, -0.2) is 44.0 Å². The van der Waals surface area contributed by atoms with Crippen LogP contribution in [0.25, 0.3) is 0 Å². The van der Waals surface area contributed by atoms with Crippen LogP contribution in [0.1, 0.15) is 30.0 Å². The third-order valence-electron chi connectivity index (χ3n) is 4.59. The zero-order chi connectivity index (χ0) is 20.5. The molecule has 0 aromatic heterocycles. The molecule has 0 spiro atoms. The van der Waals surface area contributed by atoms with E-state index in [0.717, 1.165) is 29.8 Å². The molecule has 2 amide bonds. The van der Waals surface area contributed by atoms with Crippen LogP contribution in [0.15, 0.2) is 48.5 Å². The predicted octanol–water partition coefficient (Wildman–Crippen LogP) is 3.59. The molecule has 0 saturated carbocycles. The van der Waals surface area contributed by atoms with Gasteiger partial charge in [-0.25, -0.2) is 0 Å². The molecule has 2 rings (SSSR count). The molecule has 28 heavy (non-hydrogen) atoms. The Morgan fingerprint density at radius 1 is 1.00 bits per heavy atom. The minimum Gasteiger partial charge on any atom is -0.375 e. The van der Waals surface area contributed by atoms with Crippen LogP contribution in [0.5, 0.6) is 0 Å². The molecule has 0 fully saturated rings. The average Bonchev–Trinajstić information content (AvgIpc) is 2.68. The van der Waals surface area contributed by atoms with E-state index in [1.54, 1.807) is 9.80 Å². The van der Waals surface area contributed by atoms with Gasteiger partial charge in [-0.2, -0.15) is 0 Å². The van der Waals surface area contributed by atoms with E-state index in [2.05, 4.69) is 6.92 Å². The molecule has 0 aliphatic rings. The van der Waals surface area contributed by atoms with E-state index in [1.807, 2.05) is 62.5 Å². The molecule has 0 N–H and O–H groups in total. The highest BCUT2D eigenvalue weighted by Gasteiger charge is 2.17. The normalized spacial score (nSPS) is 10.6. The molecule has 0 heterocycles. The Morgan fingerprint density at radius 3 is 2.36 bits per heavy atom. The van der Waals surface area contributed by atoms with Gasteiger partial charge in [0.1, 0.15) is 6.61 Å². The van der Waals surface area contributed by atoms with Crippen molar-refractivity contribution in [3.8, 4) is 0 Å². The lowest BCUT2D eigenvalue weighted by molar-refractivity contribution is -0.129. The second-order valence-electron chi connectivity index (χ2n) is 7.06.